The highest BCUT2D eigenvalue weighted by Gasteiger charge is 2.55. The molecule has 3 saturated carbocycles. The third-order valence-corrected chi connectivity index (χ3v) is 7.51. The number of hydrogen-bond donors (Lipinski definition) is 2. The SMILES string of the molecule is CC[N+](C)(CC)CCCCN1CC2C3CC(O)C(C(O)C3)C2C1. The predicted octanol–water partition coefficient (Wildman–Crippen LogP) is 1.56. The van der Waals surface area contributed by atoms with Crippen LogP contribution >= 0.6 is 0 Å². The number of rotatable bonds is 7. The maximum absolute atomic E-state index is 10.3. The Morgan fingerprint density at radius 3 is 2.17 bits per heavy atom. The van der Waals surface area contributed by atoms with Gasteiger partial charge in [-0.15, -0.1) is 0 Å². The van der Waals surface area contributed by atoms with E-state index in [2.05, 4.69) is 25.8 Å². The summed E-state index contributed by atoms with van der Waals surface area (Å²) in [5, 5.41) is 20.6. The van der Waals surface area contributed by atoms with E-state index < -0.39 is 0 Å². The Hall–Kier alpha value is -0.160. The van der Waals surface area contributed by atoms with Gasteiger partial charge in [0.2, 0.25) is 0 Å². The van der Waals surface area contributed by atoms with E-state index in [0.29, 0.717) is 11.8 Å². The quantitative estimate of drug-likeness (QED) is 0.551. The van der Waals surface area contributed by atoms with E-state index in [9.17, 15) is 10.2 Å². The van der Waals surface area contributed by atoms with Gasteiger partial charge >= 0.3 is 0 Å². The topological polar surface area (TPSA) is 43.7 Å². The van der Waals surface area contributed by atoms with Gasteiger partial charge < -0.3 is 19.6 Å². The van der Waals surface area contributed by atoms with Crippen LogP contribution in [-0.2, 0) is 0 Å². The molecule has 3 aliphatic carbocycles. The van der Waals surface area contributed by atoms with Gasteiger partial charge in [-0.05, 0) is 63.8 Å². The van der Waals surface area contributed by atoms with E-state index in [0.717, 1.165) is 25.3 Å². The van der Waals surface area contributed by atoms with Crippen molar-refractivity contribution in [2.45, 2.75) is 51.7 Å². The smallest absolute Gasteiger partial charge is 0.0784 e. The van der Waals surface area contributed by atoms with E-state index in [1.54, 1.807) is 0 Å². The zero-order valence-electron chi connectivity index (χ0n) is 15.3. The second-order valence-electron chi connectivity index (χ2n) is 8.71. The molecule has 2 bridgehead atoms. The van der Waals surface area contributed by atoms with Crippen LogP contribution < -0.4 is 0 Å². The van der Waals surface area contributed by atoms with Crippen molar-refractivity contribution in [2.75, 3.05) is 46.3 Å². The Balaban J connectivity index is 1.46. The van der Waals surface area contributed by atoms with Crippen molar-refractivity contribution in [2.24, 2.45) is 23.7 Å². The second kappa shape index (κ2) is 6.99. The molecular weight excluding hydrogens is 288 g/mol. The van der Waals surface area contributed by atoms with Crippen molar-refractivity contribution in [1.82, 2.24) is 4.90 Å². The van der Waals surface area contributed by atoms with Crippen LogP contribution in [-0.4, -0.2) is 78.1 Å². The number of quaternary nitrogens is 1. The molecule has 0 radical (unpaired) electrons. The summed E-state index contributed by atoms with van der Waals surface area (Å²) in [5.74, 6) is 1.98. The molecule has 23 heavy (non-hydrogen) atoms. The Morgan fingerprint density at radius 1 is 0.957 bits per heavy atom. The first-order valence-corrected chi connectivity index (χ1v) is 9.89. The van der Waals surface area contributed by atoms with Crippen LogP contribution in [0.1, 0.15) is 39.5 Å². The molecule has 0 spiro atoms. The van der Waals surface area contributed by atoms with E-state index in [1.165, 1.54) is 50.0 Å². The zero-order chi connectivity index (χ0) is 16.6. The van der Waals surface area contributed by atoms with E-state index in [1.807, 2.05) is 0 Å². The van der Waals surface area contributed by atoms with E-state index in [4.69, 9.17) is 0 Å². The lowest BCUT2D eigenvalue weighted by Gasteiger charge is -2.50. The molecule has 1 aliphatic heterocycles. The molecule has 134 valence electrons. The van der Waals surface area contributed by atoms with Crippen molar-refractivity contribution in [1.29, 1.82) is 0 Å². The van der Waals surface area contributed by atoms with E-state index in [-0.39, 0.29) is 18.1 Å². The number of aliphatic hydroxyl groups is 2. The normalized spacial score (nSPS) is 40.6. The maximum atomic E-state index is 10.3. The molecule has 0 aromatic heterocycles. The predicted molar refractivity (Wildman–Crippen MR) is 93.0 cm³/mol. The molecule has 4 aliphatic rings. The van der Waals surface area contributed by atoms with Crippen molar-refractivity contribution in [3.8, 4) is 0 Å². The van der Waals surface area contributed by atoms with Gasteiger partial charge in [-0.1, -0.05) is 0 Å². The van der Waals surface area contributed by atoms with Crippen molar-refractivity contribution in [3.63, 3.8) is 0 Å². The third kappa shape index (κ3) is 3.46. The molecular formula is C19H37N2O2+. The van der Waals surface area contributed by atoms with Gasteiger partial charge in [0.1, 0.15) is 0 Å². The summed E-state index contributed by atoms with van der Waals surface area (Å²) in [6, 6.07) is 0. The lowest BCUT2D eigenvalue weighted by Crippen LogP contribution is -2.54. The summed E-state index contributed by atoms with van der Waals surface area (Å²) in [5.41, 5.74) is 0. The Kier molecular flexibility index (Phi) is 5.37. The van der Waals surface area contributed by atoms with E-state index >= 15 is 0 Å². The largest absolute Gasteiger partial charge is 0.393 e. The summed E-state index contributed by atoms with van der Waals surface area (Å²) in [6.07, 6.45) is 3.95. The lowest BCUT2D eigenvalue weighted by atomic mass is 9.57. The molecule has 4 rings (SSSR count). The fraction of sp³-hybridized carbons (Fsp3) is 1.00. The molecule has 4 heteroatoms. The minimum absolute atomic E-state index is 0.148. The van der Waals surface area contributed by atoms with Gasteiger partial charge in [-0.2, -0.15) is 0 Å². The summed E-state index contributed by atoms with van der Waals surface area (Å²) < 4.78 is 1.19. The van der Waals surface area contributed by atoms with Crippen LogP contribution in [0, 0.1) is 23.7 Å². The van der Waals surface area contributed by atoms with Crippen LogP contribution in [0.5, 0.6) is 0 Å². The molecule has 4 nitrogen and oxygen atoms in total. The molecule has 2 N–H and O–H groups in total. The minimum atomic E-state index is -0.253. The summed E-state index contributed by atoms with van der Waals surface area (Å²) >= 11 is 0. The molecule has 0 aromatic carbocycles. The van der Waals surface area contributed by atoms with Crippen LogP contribution in [0.4, 0.5) is 0 Å². The first-order chi connectivity index (χ1) is 11.0. The third-order valence-electron chi connectivity index (χ3n) is 7.51. The molecule has 1 heterocycles. The first-order valence-electron chi connectivity index (χ1n) is 9.89. The van der Waals surface area contributed by atoms with Crippen LogP contribution in [0.15, 0.2) is 0 Å². The van der Waals surface area contributed by atoms with Crippen LogP contribution in [0.3, 0.4) is 0 Å². The number of fused-ring (bicyclic) bond motifs is 2. The second-order valence-corrected chi connectivity index (χ2v) is 8.71. The number of hydrogen-bond acceptors (Lipinski definition) is 3. The standard InChI is InChI=1S/C19H37N2O2/c1-4-21(3,5-2)9-7-6-8-20-12-15-14-10-17(22)19(16(15)13-20)18(23)11-14/h14-19,22-23H,4-13H2,1-3H3/q+1. The van der Waals surface area contributed by atoms with Gasteiger partial charge in [-0.25, -0.2) is 0 Å². The molecule has 0 aromatic rings. The average molecular weight is 326 g/mol. The minimum Gasteiger partial charge on any atom is -0.393 e. The zero-order valence-corrected chi connectivity index (χ0v) is 15.3. The highest BCUT2D eigenvalue weighted by atomic mass is 16.3. The van der Waals surface area contributed by atoms with Gasteiger partial charge in [0.25, 0.3) is 0 Å². The highest BCUT2D eigenvalue weighted by Crippen LogP contribution is 2.51. The monoisotopic (exact) mass is 325 g/mol. The average Bonchev–Trinajstić information content (AvgIpc) is 2.96. The van der Waals surface area contributed by atoms with Crippen molar-refractivity contribution < 1.29 is 14.7 Å². The van der Waals surface area contributed by atoms with Gasteiger partial charge in [0.15, 0.2) is 0 Å². The number of nitrogens with zero attached hydrogens (tertiary/aromatic N) is 2. The Morgan fingerprint density at radius 2 is 1.57 bits per heavy atom. The van der Waals surface area contributed by atoms with Gasteiger partial charge in [-0.3, -0.25) is 0 Å². The maximum Gasteiger partial charge on any atom is 0.0784 e. The first kappa shape index (κ1) is 17.7. The van der Waals surface area contributed by atoms with Crippen LogP contribution in [0.2, 0.25) is 0 Å². The Labute approximate surface area is 142 Å². The lowest BCUT2D eigenvalue weighted by molar-refractivity contribution is -0.906. The molecule has 4 fully saturated rings. The van der Waals surface area contributed by atoms with Crippen molar-refractivity contribution >= 4 is 0 Å². The summed E-state index contributed by atoms with van der Waals surface area (Å²) in [6.45, 7) is 11.8. The fourth-order valence-corrected chi connectivity index (χ4v) is 5.61. The molecule has 4 unspecified atom stereocenters. The number of likely N-dealkylation sites (tertiary alicyclic amines) is 1. The van der Waals surface area contributed by atoms with Gasteiger partial charge in [0.05, 0.1) is 38.9 Å². The highest BCUT2D eigenvalue weighted by molar-refractivity contribution is 5.05. The van der Waals surface area contributed by atoms with Gasteiger partial charge in [0, 0.05) is 19.0 Å². The fourth-order valence-electron chi connectivity index (χ4n) is 5.61. The number of unbranched alkanes of at least 4 members (excludes halogenated alkanes) is 1. The van der Waals surface area contributed by atoms with Crippen LogP contribution in [0.25, 0.3) is 0 Å². The molecule has 0 amide bonds. The molecule has 1 saturated heterocycles. The number of aliphatic hydroxyl groups excluding tert-OH is 2. The Bertz CT molecular complexity index is 387. The molecule has 4 atom stereocenters. The van der Waals surface area contributed by atoms with Crippen molar-refractivity contribution in [3.05, 3.63) is 0 Å². The summed E-state index contributed by atoms with van der Waals surface area (Å²) in [4.78, 5) is 2.62. The summed E-state index contributed by atoms with van der Waals surface area (Å²) in [7, 11) is 2.37.